The first-order chi connectivity index (χ1) is 15.2. The second-order valence-corrected chi connectivity index (χ2v) is 8.42. The zero-order valence-corrected chi connectivity index (χ0v) is 18.0. The van der Waals surface area contributed by atoms with E-state index in [2.05, 4.69) is 25.0 Å². The summed E-state index contributed by atoms with van der Waals surface area (Å²) in [4.78, 5) is 23.5. The van der Waals surface area contributed by atoms with Crippen molar-refractivity contribution in [2.45, 2.75) is 19.3 Å². The molecule has 0 bridgehead atoms. The van der Waals surface area contributed by atoms with Crippen molar-refractivity contribution in [2.24, 2.45) is 5.92 Å². The Morgan fingerprint density at radius 2 is 1.81 bits per heavy atom. The summed E-state index contributed by atoms with van der Waals surface area (Å²) >= 11 is 0. The molecule has 0 spiro atoms. The Hall–Kier alpha value is -2.67. The third-order valence-electron chi connectivity index (χ3n) is 6.34. The highest BCUT2D eigenvalue weighted by Gasteiger charge is 2.26. The van der Waals surface area contributed by atoms with Gasteiger partial charge in [0.25, 0.3) is 0 Å². The number of hydrogen-bond acceptors (Lipinski definition) is 5. The average Bonchev–Trinajstić information content (AvgIpc) is 2.83. The number of rotatable bonds is 7. The molecule has 7 heteroatoms. The Balaban J connectivity index is 1.14. The van der Waals surface area contributed by atoms with Crippen LogP contribution in [-0.4, -0.2) is 68.1 Å². The lowest BCUT2D eigenvalue weighted by Gasteiger charge is -2.36. The molecule has 1 N–H and O–H groups in total. The third-order valence-corrected chi connectivity index (χ3v) is 6.34. The number of nitrogens with one attached hydrogen (secondary N) is 1. The molecule has 2 saturated heterocycles. The van der Waals surface area contributed by atoms with Crippen LogP contribution in [0.3, 0.4) is 0 Å². The Morgan fingerprint density at radius 3 is 2.58 bits per heavy atom. The highest BCUT2D eigenvalue weighted by Crippen LogP contribution is 2.23. The first-order valence-corrected chi connectivity index (χ1v) is 11.4. The predicted molar refractivity (Wildman–Crippen MR) is 122 cm³/mol. The van der Waals surface area contributed by atoms with E-state index in [1.165, 1.54) is 6.07 Å². The number of para-hydroxylation sites is 1. The van der Waals surface area contributed by atoms with E-state index >= 15 is 0 Å². The molecule has 2 aliphatic rings. The van der Waals surface area contributed by atoms with Crippen molar-refractivity contribution in [2.75, 3.05) is 62.2 Å². The Bertz CT molecular complexity index is 841. The lowest BCUT2D eigenvalue weighted by Crippen LogP contribution is -2.47. The molecule has 2 aliphatic heterocycles. The van der Waals surface area contributed by atoms with Crippen LogP contribution in [-0.2, 0) is 4.79 Å². The first kappa shape index (κ1) is 21.6. The van der Waals surface area contributed by atoms with Gasteiger partial charge in [-0.15, -0.1) is 0 Å². The van der Waals surface area contributed by atoms with Gasteiger partial charge < -0.3 is 15.1 Å². The van der Waals surface area contributed by atoms with Crippen LogP contribution in [0.25, 0.3) is 0 Å². The van der Waals surface area contributed by atoms with E-state index in [4.69, 9.17) is 0 Å². The minimum absolute atomic E-state index is 0.0474. The van der Waals surface area contributed by atoms with Gasteiger partial charge in [-0.25, -0.2) is 4.39 Å². The molecule has 31 heavy (non-hydrogen) atoms. The van der Waals surface area contributed by atoms with Crippen LogP contribution in [0, 0.1) is 11.7 Å². The van der Waals surface area contributed by atoms with Crippen molar-refractivity contribution in [3.8, 4) is 0 Å². The maximum absolute atomic E-state index is 14.0. The van der Waals surface area contributed by atoms with Crippen LogP contribution in [0.5, 0.6) is 0 Å². The number of hydrogen-bond donors (Lipinski definition) is 1. The molecule has 6 nitrogen and oxygen atoms in total. The molecule has 0 aliphatic carbocycles. The molecule has 1 unspecified atom stereocenters. The number of amides is 1. The molecule has 1 amide bonds. The van der Waals surface area contributed by atoms with Gasteiger partial charge in [0, 0.05) is 63.9 Å². The number of carbonyl (C=O) groups excluding carboxylic acids is 1. The lowest BCUT2D eigenvalue weighted by atomic mass is 9.96. The summed E-state index contributed by atoms with van der Waals surface area (Å²) in [5, 5.41) is 3.14. The summed E-state index contributed by atoms with van der Waals surface area (Å²) in [6.07, 6.45) is 6.52. The summed E-state index contributed by atoms with van der Waals surface area (Å²) in [5.41, 5.74) is 1.84. The zero-order valence-electron chi connectivity index (χ0n) is 18.0. The molecular weight excluding hydrogens is 393 g/mol. The van der Waals surface area contributed by atoms with Crippen LogP contribution in [0.2, 0.25) is 0 Å². The summed E-state index contributed by atoms with van der Waals surface area (Å²) in [6, 6.07) is 11.0. The summed E-state index contributed by atoms with van der Waals surface area (Å²) in [5.74, 6) is 0.0678. The number of benzene rings is 1. The van der Waals surface area contributed by atoms with Gasteiger partial charge in [-0.2, -0.15) is 0 Å². The fourth-order valence-electron chi connectivity index (χ4n) is 4.56. The third kappa shape index (κ3) is 5.73. The summed E-state index contributed by atoms with van der Waals surface area (Å²) in [6.45, 7) is 6.94. The maximum atomic E-state index is 14.0. The van der Waals surface area contributed by atoms with Crippen molar-refractivity contribution >= 4 is 17.3 Å². The SMILES string of the molecule is O=C(NCCCN1CCN(c2ccccc2F)CC1)C1CCCN(c2ccncc2)C1. The van der Waals surface area contributed by atoms with Crippen molar-refractivity contribution in [1.29, 1.82) is 0 Å². The van der Waals surface area contributed by atoms with Crippen molar-refractivity contribution in [3.63, 3.8) is 0 Å². The standard InChI is InChI=1S/C24H32FN5O/c25-22-6-1-2-7-23(22)29-17-15-28(16-18-29)13-4-10-27-24(31)20-5-3-14-30(19-20)21-8-11-26-12-9-21/h1-2,6-9,11-12,20H,3-5,10,13-19H2,(H,27,31). The molecule has 3 heterocycles. The molecule has 1 aromatic carbocycles. The number of pyridine rings is 1. The van der Waals surface area contributed by atoms with E-state index in [1.807, 2.05) is 24.3 Å². The summed E-state index contributed by atoms with van der Waals surface area (Å²) in [7, 11) is 0. The molecule has 1 atom stereocenters. The number of anilines is 2. The van der Waals surface area contributed by atoms with Crippen LogP contribution in [0.15, 0.2) is 48.8 Å². The number of carbonyl (C=O) groups is 1. The minimum Gasteiger partial charge on any atom is -0.371 e. The Morgan fingerprint density at radius 1 is 1.03 bits per heavy atom. The first-order valence-electron chi connectivity index (χ1n) is 11.4. The fraction of sp³-hybridized carbons (Fsp3) is 0.500. The minimum atomic E-state index is -0.149. The van der Waals surface area contributed by atoms with E-state index in [0.29, 0.717) is 12.2 Å². The van der Waals surface area contributed by atoms with E-state index < -0.39 is 0 Å². The molecule has 0 radical (unpaired) electrons. The highest BCUT2D eigenvalue weighted by molar-refractivity contribution is 5.79. The number of piperidine rings is 1. The average molecular weight is 426 g/mol. The van der Waals surface area contributed by atoms with Gasteiger partial charge in [0.15, 0.2) is 0 Å². The molecule has 2 aromatic rings. The van der Waals surface area contributed by atoms with Gasteiger partial charge in [0.05, 0.1) is 11.6 Å². The molecule has 0 saturated carbocycles. The van der Waals surface area contributed by atoms with Crippen LogP contribution in [0.1, 0.15) is 19.3 Å². The predicted octanol–water partition coefficient (Wildman–Crippen LogP) is 2.77. The van der Waals surface area contributed by atoms with Crippen molar-refractivity contribution < 1.29 is 9.18 Å². The topological polar surface area (TPSA) is 51.7 Å². The largest absolute Gasteiger partial charge is 0.371 e. The van der Waals surface area contributed by atoms with E-state index in [1.54, 1.807) is 18.5 Å². The van der Waals surface area contributed by atoms with Gasteiger partial charge >= 0.3 is 0 Å². The highest BCUT2D eigenvalue weighted by atomic mass is 19.1. The molecule has 4 rings (SSSR count). The normalized spacial score (nSPS) is 20.0. The van der Waals surface area contributed by atoms with Gasteiger partial charge in [-0.3, -0.25) is 14.7 Å². The van der Waals surface area contributed by atoms with Crippen LogP contribution >= 0.6 is 0 Å². The smallest absolute Gasteiger partial charge is 0.224 e. The second-order valence-electron chi connectivity index (χ2n) is 8.42. The quantitative estimate of drug-likeness (QED) is 0.692. The Labute approximate surface area is 184 Å². The van der Waals surface area contributed by atoms with E-state index in [0.717, 1.165) is 70.8 Å². The number of nitrogens with zero attached hydrogens (tertiary/aromatic N) is 4. The van der Waals surface area contributed by atoms with Gasteiger partial charge in [-0.05, 0) is 50.1 Å². The molecular formula is C24H32FN5O. The lowest BCUT2D eigenvalue weighted by molar-refractivity contribution is -0.125. The van der Waals surface area contributed by atoms with Crippen LogP contribution < -0.4 is 15.1 Å². The Kier molecular flexibility index (Phi) is 7.35. The molecule has 2 fully saturated rings. The monoisotopic (exact) mass is 425 g/mol. The van der Waals surface area contributed by atoms with Gasteiger partial charge in [-0.1, -0.05) is 12.1 Å². The fourth-order valence-corrected chi connectivity index (χ4v) is 4.56. The van der Waals surface area contributed by atoms with Crippen molar-refractivity contribution in [3.05, 3.63) is 54.6 Å². The molecule has 166 valence electrons. The van der Waals surface area contributed by atoms with E-state index in [9.17, 15) is 9.18 Å². The number of aromatic nitrogens is 1. The second kappa shape index (κ2) is 10.6. The zero-order chi connectivity index (χ0) is 21.5. The summed E-state index contributed by atoms with van der Waals surface area (Å²) < 4.78 is 14.0. The van der Waals surface area contributed by atoms with E-state index in [-0.39, 0.29) is 17.6 Å². The van der Waals surface area contributed by atoms with Gasteiger partial charge in [0.2, 0.25) is 5.91 Å². The van der Waals surface area contributed by atoms with Gasteiger partial charge in [0.1, 0.15) is 5.82 Å². The number of halogens is 1. The number of piperazine rings is 1. The maximum Gasteiger partial charge on any atom is 0.224 e. The van der Waals surface area contributed by atoms with Crippen LogP contribution in [0.4, 0.5) is 15.8 Å². The van der Waals surface area contributed by atoms with Crippen molar-refractivity contribution in [1.82, 2.24) is 15.2 Å². The molecule has 1 aromatic heterocycles.